The molecule has 1 aromatic rings. The van der Waals surface area contributed by atoms with Crippen molar-refractivity contribution >= 4 is 28.0 Å². The monoisotopic (exact) mass is 284 g/mol. The number of nitrogens with zero attached hydrogens (tertiary/aromatic N) is 1. The lowest BCUT2D eigenvalue weighted by molar-refractivity contribution is -0.130. The molecule has 2 heterocycles. The zero-order valence-electron chi connectivity index (χ0n) is 10.2. The molecule has 1 saturated heterocycles. The SMILES string of the molecule is CS(=O)CCN1C(=O)C2(CC2)NC1c1ccsc1. The molecule has 1 N–H and O–H groups in total. The molecule has 1 saturated carbocycles. The smallest absolute Gasteiger partial charge is 0.244 e. The van der Waals surface area contributed by atoms with E-state index in [2.05, 4.69) is 10.7 Å². The van der Waals surface area contributed by atoms with Crippen molar-refractivity contribution in [3.8, 4) is 0 Å². The maximum absolute atomic E-state index is 12.4. The van der Waals surface area contributed by atoms with Crippen LogP contribution in [0.15, 0.2) is 16.8 Å². The van der Waals surface area contributed by atoms with Gasteiger partial charge in [0, 0.05) is 29.4 Å². The van der Waals surface area contributed by atoms with E-state index in [1.54, 1.807) is 17.6 Å². The highest BCUT2D eigenvalue weighted by Crippen LogP contribution is 2.45. The van der Waals surface area contributed by atoms with Gasteiger partial charge < -0.3 is 4.90 Å². The first-order valence-corrected chi connectivity index (χ1v) is 8.70. The fourth-order valence-corrected chi connectivity index (χ4v) is 3.56. The van der Waals surface area contributed by atoms with Crippen molar-refractivity contribution in [2.75, 3.05) is 18.6 Å². The first-order valence-electron chi connectivity index (χ1n) is 6.03. The fourth-order valence-electron chi connectivity index (χ4n) is 2.43. The average Bonchev–Trinajstić information content (AvgIpc) is 2.82. The van der Waals surface area contributed by atoms with Crippen molar-refractivity contribution in [1.29, 1.82) is 0 Å². The van der Waals surface area contributed by atoms with E-state index >= 15 is 0 Å². The minimum atomic E-state index is -0.862. The number of thiophene rings is 1. The van der Waals surface area contributed by atoms with Crippen molar-refractivity contribution < 1.29 is 9.00 Å². The summed E-state index contributed by atoms with van der Waals surface area (Å²) in [7, 11) is -0.862. The molecule has 3 rings (SSSR count). The zero-order valence-corrected chi connectivity index (χ0v) is 11.9. The van der Waals surface area contributed by atoms with Crippen LogP contribution in [-0.2, 0) is 15.6 Å². The molecule has 2 unspecified atom stereocenters. The summed E-state index contributed by atoms with van der Waals surface area (Å²) >= 11 is 1.64. The second kappa shape index (κ2) is 4.43. The Morgan fingerprint density at radius 1 is 1.61 bits per heavy atom. The lowest BCUT2D eigenvalue weighted by Gasteiger charge is -2.23. The highest BCUT2D eigenvalue weighted by molar-refractivity contribution is 7.84. The Hall–Kier alpha value is -0.720. The summed E-state index contributed by atoms with van der Waals surface area (Å²) in [5.74, 6) is 0.730. The van der Waals surface area contributed by atoms with Crippen LogP contribution < -0.4 is 5.32 Å². The van der Waals surface area contributed by atoms with Crippen LogP contribution in [-0.4, -0.2) is 39.1 Å². The molecule has 1 aliphatic carbocycles. The molecule has 1 spiro atoms. The number of hydrogen-bond acceptors (Lipinski definition) is 4. The molecule has 4 nitrogen and oxygen atoms in total. The summed E-state index contributed by atoms with van der Waals surface area (Å²) in [6.45, 7) is 0.567. The molecule has 2 fully saturated rings. The van der Waals surface area contributed by atoms with Crippen molar-refractivity contribution in [2.45, 2.75) is 24.5 Å². The Bertz CT molecular complexity index is 482. The van der Waals surface area contributed by atoms with Gasteiger partial charge in [-0.2, -0.15) is 11.3 Å². The molecule has 0 radical (unpaired) electrons. The molecule has 1 aromatic heterocycles. The molecule has 6 heteroatoms. The van der Waals surface area contributed by atoms with Crippen LogP contribution in [0, 0.1) is 0 Å². The van der Waals surface area contributed by atoms with E-state index in [1.807, 2.05) is 16.3 Å². The topological polar surface area (TPSA) is 49.4 Å². The molecule has 0 aromatic carbocycles. The number of carbonyl (C=O) groups is 1. The second-order valence-corrected chi connectivity index (χ2v) is 7.30. The molecular weight excluding hydrogens is 268 g/mol. The van der Waals surface area contributed by atoms with Crippen LogP contribution in [0.2, 0.25) is 0 Å². The number of hydrogen-bond donors (Lipinski definition) is 1. The van der Waals surface area contributed by atoms with Gasteiger partial charge in [0.15, 0.2) is 0 Å². The van der Waals surface area contributed by atoms with Gasteiger partial charge in [-0.25, -0.2) is 0 Å². The standard InChI is InChI=1S/C12H16N2O2S2/c1-18(16)7-5-14-10(9-2-6-17-8-9)13-12(3-4-12)11(14)15/h2,6,8,10,13H,3-5,7H2,1H3. The summed E-state index contributed by atoms with van der Waals surface area (Å²) in [4.78, 5) is 14.2. The second-order valence-electron chi connectivity index (χ2n) is 4.96. The Kier molecular flexibility index (Phi) is 3.03. The third-order valence-electron chi connectivity index (χ3n) is 3.62. The predicted octanol–water partition coefficient (Wildman–Crippen LogP) is 1.09. The van der Waals surface area contributed by atoms with Crippen LogP contribution >= 0.6 is 11.3 Å². The van der Waals surface area contributed by atoms with Crippen LogP contribution in [0.4, 0.5) is 0 Å². The third-order valence-corrected chi connectivity index (χ3v) is 5.08. The Balaban J connectivity index is 1.82. The predicted molar refractivity (Wildman–Crippen MR) is 72.8 cm³/mol. The van der Waals surface area contributed by atoms with E-state index in [-0.39, 0.29) is 17.6 Å². The molecule has 2 atom stereocenters. The molecule has 98 valence electrons. The summed E-state index contributed by atoms with van der Waals surface area (Å²) in [5, 5.41) is 7.55. The van der Waals surface area contributed by atoms with Gasteiger partial charge in [0.25, 0.3) is 0 Å². The maximum atomic E-state index is 12.4. The molecule has 18 heavy (non-hydrogen) atoms. The van der Waals surface area contributed by atoms with Gasteiger partial charge in [-0.3, -0.25) is 14.3 Å². The van der Waals surface area contributed by atoms with Gasteiger partial charge in [0.1, 0.15) is 11.7 Å². The Morgan fingerprint density at radius 3 is 2.94 bits per heavy atom. The van der Waals surface area contributed by atoms with Crippen molar-refractivity contribution in [3.05, 3.63) is 22.4 Å². The highest BCUT2D eigenvalue weighted by Gasteiger charge is 2.59. The van der Waals surface area contributed by atoms with Crippen molar-refractivity contribution in [2.24, 2.45) is 0 Å². The number of carbonyl (C=O) groups excluding carboxylic acids is 1. The van der Waals surface area contributed by atoms with Gasteiger partial charge in [-0.15, -0.1) is 0 Å². The zero-order chi connectivity index (χ0) is 12.8. The van der Waals surface area contributed by atoms with Gasteiger partial charge in [-0.1, -0.05) is 0 Å². The number of amides is 1. The number of rotatable bonds is 4. The minimum Gasteiger partial charge on any atom is -0.320 e. The molecule has 1 amide bonds. The summed E-state index contributed by atoms with van der Waals surface area (Å²) in [6, 6.07) is 2.05. The maximum Gasteiger partial charge on any atom is 0.244 e. The third kappa shape index (κ3) is 2.02. The minimum absolute atomic E-state index is 0.0326. The summed E-state index contributed by atoms with van der Waals surface area (Å²) in [6.07, 6.45) is 3.51. The van der Waals surface area contributed by atoms with Gasteiger partial charge in [0.05, 0.1) is 0 Å². The van der Waals surface area contributed by atoms with Gasteiger partial charge in [-0.05, 0) is 35.2 Å². The van der Waals surface area contributed by atoms with E-state index in [0.717, 1.165) is 18.4 Å². The fraction of sp³-hybridized carbons (Fsp3) is 0.583. The summed E-state index contributed by atoms with van der Waals surface area (Å²) < 4.78 is 11.2. The molecule has 2 aliphatic rings. The first-order chi connectivity index (χ1) is 8.62. The van der Waals surface area contributed by atoms with Crippen LogP contribution in [0.5, 0.6) is 0 Å². The molecule has 0 bridgehead atoms. The van der Waals surface area contributed by atoms with Crippen LogP contribution in [0.25, 0.3) is 0 Å². The van der Waals surface area contributed by atoms with E-state index in [4.69, 9.17) is 0 Å². The van der Waals surface area contributed by atoms with E-state index in [0.29, 0.717) is 12.3 Å². The van der Waals surface area contributed by atoms with Crippen LogP contribution in [0.3, 0.4) is 0 Å². The quantitative estimate of drug-likeness (QED) is 0.900. The van der Waals surface area contributed by atoms with E-state index < -0.39 is 10.8 Å². The normalized spacial score (nSPS) is 26.8. The number of nitrogens with one attached hydrogen (secondary N) is 1. The Morgan fingerprint density at radius 2 is 2.39 bits per heavy atom. The van der Waals surface area contributed by atoms with Crippen molar-refractivity contribution in [1.82, 2.24) is 10.2 Å². The largest absolute Gasteiger partial charge is 0.320 e. The molecule has 1 aliphatic heterocycles. The lowest BCUT2D eigenvalue weighted by atomic mass is 10.2. The van der Waals surface area contributed by atoms with Gasteiger partial charge >= 0.3 is 0 Å². The lowest BCUT2D eigenvalue weighted by Crippen LogP contribution is -2.34. The Labute approximate surface area is 113 Å². The van der Waals surface area contributed by atoms with E-state index in [9.17, 15) is 9.00 Å². The summed E-state index contributed by atoms with van der Waals surface area (Å²) in [5.41, 5.74) is 0.834. The first kappa shape index (κ1) is 12.3. The van der Waals surface area contributed by atoms with Gasteiger partial charge in [0.2, 0.25) is 5.91 Å². The van der Waals surface area contributed by atoms with Crippen molar-refractivity contribution in [3.63, 3.8) is 0 Å². The van der Waals surface area contributed by atoms with E-state index in [1.165, 1.54) is 0 Å². The molecular formula is C12H16N2O2S2. The average molecular weight is 284 g/mol. The highest BCUT2D eigenvalue weighted by atomic mass is 32.2. The van der Waals surface area contributed by atoms with Crippen LogP contribution in [0.1, 0.15) is 24.6 Å².